The number of hydrogen-bond acceptors (Lipinski definition) is 4. The van der Waals surface area contributed by atoms with Crippen molar-refractivity contribution in [3.8, 4) is 47.7 Å². The molecule has 0 atom stereocenters. The second-order valence-corrected chi connectivity index (χ2v) is 3.69. The molecular weight excluding hydrogens is 256 g/mol. The predicted octanol–water partition coefficient (Wildman–Crippen LogP) is 2.16. The van der Waals surface area contributed by atoms with Gasteiger partial charge in [0, 0.05) is 0 Å². The molecule has 0 radical (unpaired) electrons. The summed E-state index contributed by atoms with van der Waals surface area (Å²) in [6.07, 6.45) is 10.00. The van der Waals surface area contributed by atoms with E-state index in [1.165, 1.54) is 36.4 Å². The first-order valence-electron chi connectivity index (χ1n) is 5.45. The lowest BCUT2D eigenvalue weighted by atomic mass is 10.2. The molecule has 0 heterocycles. The first-order valence-corrected chi connectivity index (χ1v) is 5.45. The number of terminal acetylenes is 2. The van der Waals surface area contributed by atoms with Gasteiger partial charge in [0.1, 0.15) is 23.0 Å². The number of rotatable bonds is 0. The Morgan fingerprint density at radius 2 is 1.00 bits per heavy atom. The van der Waals surface area contributed by atoms with Crippen LogP contribution >= 0.6 is 0 Å². The quantitative estimate of drug-likeness (QED) is 0.436. The molecule has 0 saturated carbocycles. The van der Waals surface area contributed by atoms with Gasteiger partial charge in [-0.25, -0.2) is 0 Å². The molecular formula is C16H12O4. The molecule has 4 heteroatoms. The minimum atomic E-state index is 0.0142. The molecule has 100 valence electrons. The van der Waals surface area contributed by atoms with Gasteiger partial charge in [-0.05, 0) is 36.4 Å². The summed E-state index contributed by atoms with van der Waals surface area (Å²) in [7, 11) is 0. The molecule has 0 spiro atoms. The summed E-state index contributed by atoms with van der Waals surface area (Å²) >= 11 is 0. The fourth-order valence-electron chi connectivity index (χ4n) is 1.28. The van der Waals surface area contributed by atoms with E-state index in [-0.39, 0.29) is 23.0 Å². The van der Waals surface area contributed by atoms with Crippen LogP contribution < -0.4 is 0 Å². The fraction of sp³-hybridized carbons (Fsp3) is 0. The summed E-state index contributed by atoms with van der Waals surface area (Å²) in [5, 5.41) is 35.7. The van der Waals surface area contributed by atoms with E-state index in [1.807, 2.05) is 0 Å². The Hall–Kier alpha value is -3.24. The van der Waals surface area contributed by atoms with Gasteiger partial charge in [-0.15, -0.1) is 12.8 Å². The molecule has 0 saturated heterocycles. The maximum atomic E-state index is 8.98. The van der Waals surface area contributed by atoms with Crippen LogP contribution in [0.4, 0.5) is 0 Å². The third kappa shape index (κ3) is 3.90. The maximum Gasteiger partial charge on any atom is 0.131 e. The van der Waals surface area contributed by atoms with Crippen molar-refractivity contribution in [3.63, 3.8) is 0 Å². The number of phenolic OH excluding ortho intramolecular Hbond substituents is 4. The molecule has 4 N–H and O–H groups in total. The van der Waals surface area contributed by atoms with Crippen molar-refractivity contribution in [2.45, 2.75) is 0 Å². The van der Waals surface area contributed by atoms with Crippen LogP contribution in [-0.2, 0) is 0 Å². The lowest BCUT2D eigenvalue weighted by Crippen LogP contribution is -1.74. The van der Waals surface area contributed by atoms with E-state index < -0.39 is 0 Å². The van der Waals surface area contributed by atoms with Gasteiger partial charge in [-0.2, -0.15) is 0 Å². The van der Waals surface area contributed by atoms with Gasteiger partial charge in [-0.1, -0.05) is 11.8 Å². The van der Waals surface area contributed by atoms with E-state index in [4.69, 9.17) is 33.3 Å². The van der Waals surface area contributed by atoms with Gasteiger partial charge < -0.3 is 20.4 Å². The summed E-state index contributed by atoms with van der Waals surface area (Å²) < 4.78 is 0. The SMILES string of the molecule is C#Cc1cc(O)ccc1O.C#Cc1cc(O)ccc1O. The van der Waals surface area contributed by atoms with Gasteiger partial charge in [0.05, 0.1) is 11.1 Å². The molecule has 20 heavy (non-hydrogen) atoms. The van der Waals surface area contributed by atoms with E-state index in [0.717, 1.165) is 0 Å². The Morgan fingerprint density at radius 1 is 0.650 bits per heavy atom. The second-order valence-electron chi connectivity index (χ2n) is 3.69. The topological polar surface area (TPSA) is 80.9 Å². The van der Waals surface area contributed by atoms with Crippen LogP contribution in [0.3, 0.4) is 0 Å². The number of benzene rings is 2. The highest BCUT2D eigenvalue weighted by atomic mass is 16.3. The first-order chi connectivity index (χ1) is 9.47. The Bertz CT molecular complexity index is 629. The van der Waals surface area contributed by atoms with Gasteiger partial charge in [0.15, 0.2) is 0 Å². The van der Waals surface area contributed by atoms with Gasteiger partial charge >= 0.3 is 0 Å². The Morgan fingerprint density at radius 3 is 1.25 bits per heavy atom. The summed E-state index contributed by atoms with van der Waals surface area (Å²) in [4.78, 5) is 0. The minimum absolute atomic E-state index is 0.0142. The highest BCUT2D eigenvalue weighted by Crippen LogP contribution is 2.21. The number of hydrogen-bond donors (Lipinski definition) is 4. The zero-order valence-corrected chi connectivity index (χ0v) is 10.4. The average molecular weight is 268 g/mol. The van der Waals surface area contributed by atoms with Gasteiger partial charge in [0.25, 0.3) is 0 Å². The van der Waals surface area contributed by atoms with Crippen molar-refractivity contribution >= 4 is 0 Å². The standard InChI is InChI=1S/2C8H6O2/c2*1-2-6-5-7(9)3-4-8(6)10/h2*1,3-5,9-10H. The molecule has 2 rings (SSSR count). The average Bonchev–Trinajstić information content (AvgIpc) is 2.44. The lowest BCUT2D eigenvalue weighted by molar-refractivity contribution is 0.459. The third-order valence-corrected chi connectivity index (χ3v) is 2.27. The monoisotopic (exact) mass is 268 g/mol. The van der Waals surface area contributed by atoms with Crippen LogP contribution in [0.15, 0.2) is 36.4 Å². The molecule has 0 aliphatic carbocycles. The highest BCUT2D eigenvalue weighted by molar-refractivity contribution is 5.48. The zero-order valence-electron chi connectivity index (χ0n) is 10.4. The molecule has 4 nitrogen and oxygen atoms in total. The summed E-state index contributed by atoms with van der Waals surface area (Å²) in [6, 6.07) is 8.10. The maximum absolute atomic E-state index is 8.98. The normalized spacial score (nSPS) is 8.70. The number of phenols is 4. The molecule has 0 fully saturated rings. The van der Waals surface area contributed by atoms with Crippen LogP contribution in [0.1, 0.15) is 11.1 Å². The van der Waals surface area contributed by atoms with Crippen LogP contribution in [0, 0.1) is 24.7 Å². The molecule has 0 amide bonds. The molecule has 2 aromatic rings. The van der Waals surface area contributed by atoms with Crippen LogP contribution in [0.2, 0.25) is 0 Å². The predicted molar refractivity (Wildman–Crippen MR) is 75.4 cm³/mol. The van der Waals surface area contributed by atoms with Crippen molar-refractivity contribution in [2.24, 2.45) is 0 Å². The second kappa shape index (κ2) is 6.63. The van der Waals surface area contributed by atoms with Crippen LogP contribution in [-0.4, -0.2) is 20.4 Å². The third-order valence-electron chi connectivity index (χ3n) is 2.27. The van der Waals surface area contributed by atoms with Gasteiger partial charge in [-0.3, -0.25) is 0 Å². The molecule has 0 aliphatic heterocycles. The van der Waals surface area contributed by atoms with E-state index in [0.29, 0.717) is 11.1 Å². The minimum Gasteiger partial charge on any atom is -0.508 e. The van der Waals surface area contributed by atoms with Crippen LogP contribution in [0.25, 0.3) is 0 Å². The molecule has 0 aliphatic rings. The van der Waals surface area contributed by atoms with Crippen molar-refractivity contribution < 1.29 is 20.4 Å². The number of aromatic hydroxyl groups is 4. The summed E-state index contributed by atoms with van der Waals surface area (Å²) in [6.45, 7) is 0. The lowest BCUT2D eigenvalue weighted by Gasteiger charge is -1.95. The zero-order chi connectivity index (χ0) is 15.1. The fourth-order valence-corrected chi connectivity index (χ4v) is 1.28. The molecule has 0 bridgehead atoms. The molecule has 2 aromatic carbocycles. The first kappa shape index (κ1) is 14.8. The van der Waals surface area contributed by atoms with Crippen LogP contribution in [0.5, 0.6) is 23.0 Å². The molecule has 0 unspecified atom stereocenters. The Balaban J connectivity index is 0.000000200. The van der Waals surface area contributed by atoms with Crippen molar-refractivity contribution in [2.75, 3.05) is 0 Å². The van der Waals surface area contributed by atoms with Gasteiger partial charge in [0.2, 0.25) is 0 Å². The summed E-state index contributed by atoms with van der Waals surface area (Å²) in [5.74, 6) is 4.60. The highest BCUT2D eigenvalue weighted by Gasteiger charge is 1.97. The van der Waals surface area contributed by atoms with E-state index in [1.54, 1.807) is 0 Å². The van der Waals surface area contributed by atoms with E-state index >= 15 is 0 Å². The Kier molecular flexibility index (Phi) is 4.91. The largest absolute Gasteiger partial charge is 0.508 e. The van der Waals surface area contributed by atoms with E-state index in [2.05, 4.69) is 11.8 Å². The van der Waals surface area contributed by atoms with Crippen molar-refractivity contribution in [1.29, 1.82) is 0 Å². The summed E-state index contributed by atoms with van der Waals surface area (Å²) in [5.41, 5.74) is 0.611. The van der Waals surface area contributed by atoms with Crippen molar-refractivity contribution in [1.82, 2.24) is 0 Å². The smallest absolute Gasteiger partial charge is 0.131 e. The Labute approximate surface area is 116 Å². The molecule has 0 aromatic heterocycles. The van der Waals surface area contributed by atoms with Crippen molar-refractivity contribution in [3.05, 3.63) is 47.5 Å². The van der Waals surface area contributed by atoms with E-state index in [9.17, 15) is 0 Å².